The van der Waals surface area contributed by atoms with Crippen LogP contribution in [0.2, 0.25) is 0 Å². The molecule has 2 heterocycles. The number of hydrogen-bond donors (Lipinski definition) is 1. The van der Waals surface area contributed by atoms with Crippen molar-refractivity contribution in [1.29, 1.82) is 0 Å². The maximum absolute atomic E-state index is 13.3. The molecule has 3 aromatic carbocycles. The summed E-state index contributed by atoms with van der Waals surface area (Å²) in [5, 5.41) is 11.3. The number of thiazole rings is 1. The number of hydrogen-bond acceptors (Lipinski definition) is 6. The molecule has 1 aliphatic rings. The minimum atomic E-state index is -0.828. The summed E-state index contributed by atoms with van der Waals surface area (Å²) in [6.45, 7) is 0. The maximum atomic E-state index is 13.3. The number of allylic oxidation sites excluding steroid dienone is 1. The molecule has 0 bridgehead atoms. The lowest BCUT2D eigenvalue weighted by atomic mass is 9.96. The van der Waals surface area contributed by atoms with Gasteiger partial charge in [-0.05, 0) is 47.5 Å². The number of methoxy groups -OCH3 is 1. The molecule has 0 aliphatic carbocycles. The first-order valence-corrected chi connectivity index (χ1v) is 12.3. The van der Waals surface area contributed by atoms with E-state index >= 15 is 0 Å². The molecule has 0 radical (unpaired) electrons. The van der Waals surface area contributed by atoms with Crippen LogP contribution in [0, 0.1) is 0 Å². The smallest absolute Gasteiger partial charge is 0.296 e. The molecule has 35 heavy (non-hydrogen) atoms. The van der Waals surface area contributed by atoms with E-state index in [1.807, 2.05) is 66.7 Å². The number of anilines is 1. The number of carbonyl (C=O) groups is 2. The first kappa shape index (κ1) is 23.0. The van der Waals surface area contributed by atoms with E-state index in [0.29, 0.717) is 22.0 Å². The fraction of sp³-hybridized carbons (Fsp3) is 0.0741. The van der Waals surface area contributed by atoms with Crippen LogP contribution < -0.4 is 9.64 Å². The Morgan fingerprint density at radius 3 is 2.57 bits per heavy atom. The normalized spacial score (nSPS) is 16.0. The second-order valence-corrected chi connectivity index (χ2v) is 9.75. The number of ketones is 1. The number of aromatic nitrogens is 1. The zero-order valence-electron chi connectivity index (χ0n) is 18.5. The third-order valence-corrected chi connectivity index (χ3v) is 7.22. The van der Waals surface area contributed by atoms with Crippen LogP contribution in [0.15, 0.2) is 94.7 Å². The van der Waals surface area contributed by atoms with Gasteiger partial charge in [-0.25, -0.2) is 4.98 Å². The third-order valence-electron chi connectivity index (χ3n) is 5.68. The third kappa shape index (κ3) is 4.38. The van der Waals surface area contributed by atoms with E-state index in [2.05, 4.69) is 20.9 Å². The van der Waals surface area contributed by atoms with Crippen molar-refractivity contribution in [2.75, 3.05) is 12.0 Å². The number of aliphatic hydroxyl groups is 1. The van der Waals surface area contributed by atoms with Gasteiger partial charge >= 0.3 is 0 Å². The van der Waals surface area contributed by atoms with Crippen molar-refractivity contribution in [2.45, 2.75) is 6.04 Å². The molecule has 1 atom stereocenters. The van der Waals surface area contributed by atoms with E-state index in [1.165, 1.54) is 22.3 Å². The summed E-state index contributed by atoms with van der Waals surface area (Å²) < 4.78 is 6.98. The van der Waals surface area contributed by atoms with E-state index in [1.54, 1.807) is 19.3 Å². The Morgan fingerprint density at radius 2 is 1.86 bits per heavy atom. The predicted octanol–water partition coefficient (Wildman–Crippen LogP) is 6.25. The van der Waals surface area contributed by atoms with Gasteiger partial charge in [-0.1, -0.05) is 75.8 Å². The summed E-state index contributed by atoms with van der Waals surface area (Å²) in [6, 6.07) is 21.3. The van der Waals surface area contributed by atoms with Gasteiger partial charge in [0, 0.05) is 4.47 Å². The molecule has 0 saturated heterocycles. The quantitative estimate of drug-likeness (QED) is 0.289. The zero-order valence-corrected chi connectivity index (χ0v) is 20.9. The highest BCUT2D eigenvalue weighted by atomic mass is 79.9. The molecule has 174 valence electrons. The standard InChI is InChI=1S/C27H19BrN2O4S/c1-34-19-12-13-20-22(15-19)35-27(29-20)30-24(17-8-10-18(28)11-9-17)23(25(32)26(30)33)21(31)14-7-16-5-3-2-4-6-16/h2-15,24,32H,1H3/b14-7+. The van der Waals surface area contributed by atoms with Crippen molar-refractivity contribution in [3.63, 3.8) is 0 Å². The molecule has 1 N–H and O–H groups in total. The number of halogens is 1. The van der Waals surface area contributed by atoms with Crippen LogP contribution in [0.3, 0.4) is 0 Å². The number of fused-ring (bicyclic) bond motifs is 1. The van der Waals surface area contributed by atoms with Gasteiger partial charge in [-0.15, -0.1) is 0 Å². The molecule has 6 nitrogen and oxygen atoms in total. The van der Waals surface area contributed by atoms with Crippen LogP contribution in [0.5, 0.6) is 5.75 Å². The molecular formula is C27H19BrN2O4S. The fourth-order valence-electron chi connectivity index (χ4n) is 3.96. The molecule has 8 heteroatoms. The number of carbonyl (C=O) groups excluding carboxylic acids is 2. The van der Waals surface area contributed by atoms with Gasteiger partial charge in [0.15, 0.2) is 16.7 Å². The van der Waals surface area contributed by atoms with Crippen molar-refractivity contribution in [1.82, 2.24) is 4.98 Å². The molecule has 0 fully saturated rings. The first-order chi connectivity index (χ1) is 17.0. The number of aliphatic hydroxyl groups excluding tert-OH is 1. The molecule has 1 aromatic heterocycles. The van der Waals surface area contributed by atoms with Crippen molar-refractivity contribution < 1.29 is 19.4 Å². The zero-order chi connectivity index (χ0) is 24.5. The number of benzene rings is 3. The van der Waals surface area contributed by atoms with Gasteiger partial charge in [0.05, 0.1) is 28.9 Å². The highest BCUT2D eigenvalue weighted by molar-refractivity contribution is 9.10. The van der Waals surface area contributed by atoms with Gasteiger partial charge in [-0.2, -0.15) is 0 Å². The lowest BCUT2D eigenvalue weighted by molar-refractivity contribution is -0.117. The molecule has 5 rings (SSSR count). The van der Waals surface area contributed by atoms with E-state index in [4.69, 9.17) is 4.74 Å². The topological polar surface area (TPSA) is 79.7 Å². The van der Waals surface area contributed by atoms with Crippen LogP contribution in [-0.2, 0) is 9.59 Å². The van der Waals surface area contributed by atoms with Crippen molar-refractivity contribution >= 4 is 60.4 Å². The van der Waals surface area contributed by atoms with Crippen molar-refractivity contribution in [3.8, 4) is 5.75 Å². The summed E-state index contributed by atoms with van der Waals surface area (Å²) in [4.78, 5) is 32.7. The highest BCUT2D eigenvalue weighted by Crippen LogP contribution is 2.44. The molecule has 1 unspecified atom stereocenters. The summed E-state index contributed by atoms with van der Waals surface area (Å²) in [6.07, 6.45) is 3.05. The summed E-state index contributed by atoms with van der Waals surface area (Å²) in [5.74, 6) is -1.01. The lowest BCUT2D eigenvalue weighted by Gasteiger charge is -2.24. The van der Waals surface area contributed by atoms with E-state index in [9.17, 15) is 14.7 Å². The van der Waals surface area contributed by atoms with Crippen LogP contribution in [0.25, 0.3) is 16.3 Å². The Hall–Kier alpha value is -3.75. The Kier molecular flexibility index (Phi) is 6.23. The molecule has 1 amide bonds. The van der Waals surface area contributed by atoms with Crippen LogP contribution in [0.4, 0.5) is 5.13 Å². The monoisotopic (exact) mass is 546 g/mol. The second-order valence-electron chi connectivity index (χ2n) is 7.83. The molecular weight excluding hydrogens is 528 g/mol. The fourth-order valence-corrected chi connectivity index (χ4v) is 5.25. The SMILES string of the molecule is COc1ccc2nc(N3C(=O)C(O)=C(C(=O)/C=C/c4ccccc4)C3c3ccc(Br)cc3)sc2c1. The summed E-state index contributed by atoms with van der Waals surface area (Å²) >= 11 is 4.72. The number of rotatable bonds is 6. The molecule has 0 saturated carbocycles. The Bertz CT molecular complexity index is 1490. The largest absolute Gasteiger partial charge is 0.503 e. The highest BCUT2D eigenvalue weighted by Gasteiger charge is 2.45. The average molecular weight is 547 g/mol. The minimum absolute atomic E-state index is 0.0151. The van der Waals surface area contributed by atoms with E-state index in [0.717, 1.165) is 14.7 Å². The summed E-state index contributed by atoms with van der Waals surface area (Å²) in [7, 11) is 1.58. The maximum Gasteiger partial charge on any atom is 0.296 e. The summed E-state index contributed by atoms with van der Waals surface area (Å²) in [5.41, 5.74) is 2.22. The van der Waals surface area contributed by atoms with Crippen molar-refractivity contribution in [2.24, 2.45) is 0 Å². The van der Waals surface area contributed by atoms with Gasteiger partial charge < -0.3 is 9.84 Å². The Labute approximate surface area is 213 Å². The Balaban J connectivity index is 1.60. The Morgan fingerprint density at radius 1 is 1.11 bits per heavy atom. The van der Waals surface area contributed by atoms with Gasteiger partial charge in [-0.3, -0.25) is 14.5 Å². The lowest BCUT2D eigenvalue weighted by Crippen LogP contribution is -2.30. The number of ether oxygens (including phenoxy) is 1. The number of nitrogens with zero attached hydrogens (tertiary/aromatic N) is 2. The van der Waals surface area contributed by atoms with E-state index < -0.39 is 23.5 Å². The van der Waals surface area contributed by atoms with E-state index in [-0.39, 0.29) is 5.57 Å². The van der Waals surface area contributed by atoms with Crippen LogP contribution in [0.1, 0.15) is 17.2 Å². The molecule has 1 aliphatic heterocycles. The predicted molar refractivity (Wildman–Crippen MR) is 141 cm³/mol. The van der Waals surface area contributed by atoms with Crippen molar-refractivity contribution in [3.05, 3.63) is 106 Å². The first-order valence-electron chi connectivity index (χ1n) is 10.7. The molecule has 0 spiro atoms. The molecule has 4 aromatic rings. The van der Waals surface area contributed by atoms with Gasteiger partial charge in [0.2, 0.25) is 0 Å². The minimum Gasteiger partial charge on any atom is -0.503 e. The van der Waals surface area contributed by atoms with Gasteiger partial charge in [0.1, 0.15) is 5.75 Å². The second kappa shape index (κ2) is 9.48. The van der Waals surface area contributed by atoms with Crippen LogP contribution >= 0.6 is 27.3 Å². The number of amides is 1. The van der Waals surface area contributed by atoms with Gasteiger partial charge in [0.25, 0.3) is 5.91 Å². The average Bonchev–Trinajstić information content (AvgIpc) is 3.41. The van der Waals surface area contributed by atoms with Crippen LogP contribution in [-0.4, -0.2) is 28.9 Å².